The van der Waals surface area contributed by atoms with Crippen molar-refractivity contribution in [2.75, 3.05) is 6.61 Å². The Bertz CT molecular complexity index is 1100. The summed E-state index contributed by atoms with van der Waals surface area (Å²) < 4.78 is 13.7. The van der Waals surface area contributed by atoms with E-state index in [2.05, 4.69) is 5.92 Å². The molecule has 0 bridgehead atoms. The number of imidazole rings is 1. The van der Waals surface area contributed by atoms with Crippen LogP contribution in [-0.2, 0) is 18.0 Å². The monoisotopic (exact) mass is 368 g/mol. The maximum Gasteiger partial charge on any atom is 0.180 e. The van der Waals surface area contributed by atoms with Crippen LogP contribution in [0.5, 0.6) is 5.75 Å². The molecular weight excluding hydrogens is 348 g/mol. The van der Waals surface area contributed by atoms with Gasteiger partial charge in [-0.3, -0.25) is 4.40 Å². The topological polar surface area (TPSA) is 35.8 Å². The number of benzene rings is 2. The molecule has 0 unspecified atom stereocenters. The van der Waals surface area contributed by atoms with E-state index in [-0.39, 0.29) is 6.61 Å². The van der Waals surface area contributed by atoms with Crippen LogP contribution in [0.4, 0.5) is 0 Å². The summed E-state index contributed by atoms with van der Waals surface area (Å²) in [5, 5.41) is 0. The first kappa shape index (κ1) is 17.8. The fourth-order valence-corrected chi connectivity index (χ4v) is 3.11. The van der Waals surface area contributed by atoms with Gasteiger partial charge in [-0.05, 0) is 17.7 Å². The molecule has 4 rings (SSSR count). The predicted octanol–water partition coefficient (Wildman–Crippen LogP) is 4.73. The fraction of sp³-hybridized carbons (Fsp3) is 0.125. The molecule has 0 aliphatic heterocycles. The number of pyridine rings is 1. The first-order valence-corrected chi connectivity index (χ1v) is 9.10. The molecule has 0 spiro atoms. The van der Waals surface area contributed by atoms with Crippen LogP contribution in [0, 0.1) is 12.3 Å². The van der Waals surface area contributed by atoms with E-state index in [4.69, 9.17) is 20.9 Å². The summed E-state index contributed by atoms with van der Waals surface area (Å²) in [6.45, 7) is 1.11. The lowest BCUT2D eigenvalue weighted by atomic mass is 10.1. The maximum atomic E-state index is 6.08. The summed E-state index contributed by atoms with van der Waals surface area (Å²) in [5.41, 5.74) is 4.71. The predicted molar refractivity (Wildman–Crippen MR) is 110 cm³/mol. The molecular formula is C24H20N2O2. The molecule has 0 aliphatic carbocycles. The zero-order valence-corrected chi connectivity index (χ0v) is 15.4. The van der Waals surface area contributed by atoms with E-state index in [0.717, 1.165) is 33.9 Å². The van der Waals surface area contributed by atoms with Crippen molar-refractivity contribution in [1.82, 2.24) is 9.38 Å². The lowest BCUT2D eigenvalue weighted by molar-refractivity contribution is 0.150. The molecule has 4 heteroatoms. The van der Waals surface area contributed by atoms with E-state index in [1.165, 1.54) is 0 Å². The smallest absolute Gasteiger partial charge is 0.180 e. The minimum absolute atomic E-state index is 0.256. The standard InChI is InChI=1S/C24H20N2O2/c1-2-16-27-18-21-23(20-12-7-4-8-13-20)25-24-22(14-9-15-26(21)24)28-17-19-10-5-3-6-11-19/h1,3-15H,16-18H2. The number of nitrogens with zero attached hydrogens (tertiary/aromatic N) is 2. The lowest BCUT2D eigenvalue weighted by Gasteiger charge is -2.08. The molecule has 2 aromatic carbocycles. The van der Waals surface area contributed by atoms with Crippen LogP contribution in [0.2, 0.25) is 0 Å². The van der Waals surface area contributed by atoms with Gasteiger partial charge in [-0.2, -0.15) is 0 Å². The van der Waals surface area contributed by atoms with Crippen LogP contribution in [0.1, 0.15) is 11.3 Å². The zero-order chi connectivity index (χ0) is 19.2. The molecule has 0 atom stereocenters. The molecule has 138 valence electrons. The molecule has 2 heterocycles. The van der Waals surface area contributed by atoms with Crippen molar-refractivity contribution in [2.24, 2.45) is 0 Å². The first-order chi connectivity index (χ1) is 13.9. The van der Waals surface area contributed by atoms with Crippen molar-refractivity contribution >= 4 is 5.65 Å². The Hall–Kier alpha value is -3.55. The van der Waals surface area contributed by atoms with Gasteiger partial charge in [-0.25, -0.2) is 4.98 Å². The molecule has 0 fully saturated rings. The molecule has 4 aromatic rings. The number of hydrogen-bond acceptors (Lipinski definition) is 3. The number of rotatable bonds is 7. The van der Waals surface area contributed by atoms with Crippen LogP contribution < -0.4 is 4.74 Å². The molecule has 0 aliphatic rings. The highest BCUT2D eigenvalue weighted by atomic mass is 16.5. The van der Waals surface area contributed by atoms with Crippen molar-refractivity contribution in [1.29, 1.82) is 0 Å². The fourth-order valence-electron chi connectivity index (χ4n) is 3.11. The number of aromatic nitrogens is 2. The van der Waals surface area contributed by atoms with Gasteiger partial charge >= 0.3 is 0 Å². The van der Waals surface area contributed by atoms with E-state index in [9.17, 15) is 0 Å². The van der Waals surface area contributed by atoms with Gasteiger partial charge in [0.2, 0.25) is 0 Å². The van der Waals surface area contributed by atoms with Crippen LogP contribution in [-0.4, -0.2) is 16.0 Å². The second-order valence-corrected chi connectivity index (χ2v) is 6.31. The Morgan fingerprint density at radius 1 is 0.893 bits per heavy atom. The second kappa shape index (κ2) is 8.43. The highest BCUT2D eigenvalue weighted by molar-refractivity contribution is 5.69. The number of hydrogen-bond donors (Lipinski definition) is 0. The van der Waals surface area contributed by atoms with Crippen molar-refractivity contribution in [2.45, 2.75) is 13.2 Å². The SMILES string of the molecule is C#CCOCc1c(-c2ccccc2)nc2c(OCc3ccccc3)cccn12. The molecule has 0 N–H and O–H groups in total. The van der Waals surface area contributed by atoms with E-state index >= 15 is 0 Å². The van der Waals surface area contributed by atoms with Gasteiger partial charge < -0.3 is 9.47 Å². The normalized spacial score (nSPS) is 10.7. The summed E-state index contributed by atoms with van der Waals surface area (Å²) in [6, 6.07) is 24.0. The third-order valence-electron chi connectivity index (χ3n) is 4.42. The van der Waals surface area contributed by atoms with Crippen molar-refractivity contribution in [3.8, 4) is 29.4 Å². The van der Waals surface area contributed by atoms with Gasteiger partial charge in [-0.15, -0.1) is 6.42 Å². The average Bonchev–Trinajstić information content (AvgIpc) is 3.13. The number of terminal acetylenes is 1. The molecule has 0 saturated heterocycles. The van der Waals surface area contributed by atoms with Gasteiger partial charge in [0, 0.05) is 11.8 Å². The Balaban J connectivity index is 1.73. The molecule has 4 nitrogen and oxygen atoms in total. The van der Waals surface area contributed by atoms with Gasteiger partial charge in [-0.1, -0.05) is 66.6 Å². The van der Waals surface area contributed by atoms with E-state index in [0.29, 0.717) is 13.2 Å². The van der Waals surface area contributed by atoms with Crippen LogP contribution in [0.3, 0.4) is 0 Å². The third-order valence-corrected chi connectivity index (χ3v) is 4.42. The molecule has 28 heavy (non-hydrogen) atoms. The van der Waals surface area contributed by atoms with Gasteiger partial charge in [0.15, 0.2) is 11.4 Å². The highest BCUT2D eigenvalue weighted by Gasteiger charge is 2.17. The Kier molecular flexibility index (Phi) is 5.37. The van der Waals surface area contributed by atoms with E-state index < -0.39 is 0 Å². The minimum Gasteiger partial charge on any atom is -0.485 e. The van der Waals surface area contributed by atoms with Crippen LogP contribution in [0.25, 0.3) is 16.9 Å². The number of ether oxygens (including phenoxy) is 2. The van der Waals surface area contributed by atoms with Crippen LogP contribution in [0.15, 0.2) is 79.0 Å². The highest BCUT2D eigenvalue weighted by Crippen LogP contribution is 2.29. The largest absolute Gasteiger partial charge is 0.485 e. The van der Waals surface area contributed by atoms with E-state index in [1.807, 2.05) is 83.4 Å². The van der Waals surface area contributed by atoms with Crippen LogP contribution >= 0.6 is 0 Å². The summed E-state index contributed by atoms with van der Waals surface area (Å²) >= 11 is 0. The van der Waals surface area contributed by atoms with E-state index in [1.54, 1.807) is 0 Å². The third kappa shape index (κ3) is 3.75. The minimum atomic E-state index is 0.256. The van der Waals surface area contributed by atoms with Crippen molar-refractivity contribution in [3.05, 3.63) is 90.3 Å². The van der Waals surface area contributed by atoms with Crippen molar-refractivity contribution in [3.63, 3.8) is 0 Å². The summed E-state index contributed by atoms with van der Waals surface area (Å²) in [7, 11) is 0. The maximum absolute atomic E-state index is 6.08. The zero-order valence-electron chi connectivity index (χ0n) is 15.4. The lowest BCUT2D eigenvalue weighted by Crippen LogP contribution is -2.01. The first-order valence-electron chi connectivity index (χ1n) is 9.10. The summed E-state index contributed by atoms with van der Waals surface area (Å²) in [5.74, 6) is 3.24. The average molecular weight is 368 g/mol. The Morgan fingerprint density at radius 2 is 1.64 bits per heavy atom. The molecule has 0 radical (unpaired) electrons. The van der Waals surface area contributed by atoms with Crippen molar-refractivity contribution < 1.29 is 9.47 Å². The second-order valence-electron chi connectivity index (χ2n) is 6.31. The quantitative estimate of drug-likeness (QED) is 0.349. The molecule has 2 aromatic heterocycles. The van der Waals surface area contributed by atoms with Gasteiger partial charge in [0.05, 0.1) is 18.0 Å². The number of fused-ring (bicyclic) bond motifs is 1. The van der Waals surface area contributed by atoms with Gasteiger partial charge in [0.25, 0.3) is 0 Å². The Morgan fingerprint density at radius 3 is 2.39 bits per heavy atom. The molecule has 0 amide bonds. The Labute approximate surface area is 164 Å². The summed E-state index contributed by atoms with van der Waals surface area (Å²) in [4.78, 5) is 4.88. The molecule has 0 saturated carbocycles. The van der Waals surface area contributed by atoms with Gasteiger partial charge in [0.1, 0.15) is 13.2 Å². The summed E-state index contributed by atoms with van der Waals surface area (Å²) in [6.07, 6.45) is 7.30.